The number of hydrogen-bond donors (Lipinski definition) is 3. The molecule has 2 amide bonds. The van der Waals surface area contributed by atoms with E-state index in [-0.39, 0.29) is 42.6 Å². The summed E-state index contributed by atoms with van der Waals surface area (Å²) in [5.41, 5.74) is 5.95. The monoisotopic (exact) mass is 643 g/mol. The van der Waals surface area contributed by atoms with E-state index in [0.717, 1.165) is 63.9 Å². The molecule has 0 aromatic heterocycles. The van der Waals surface area contributed by atoms with E-state index >= 15 is 0 Å². The lowest BCUT2D eigenvalue weighted by atomic mass is 9.99. The SMILES string of the molecule is Cc1cc(CO)ccc1NC(=O)CCc1ccc(-c2ccccc2)c(NC(=O)OC2CC[N+](C)(C)CC2)c1.[I-]. The minimum absolute atomic E-state index is 0. The Kier molecular flexibility index (Phi) is 10.9. The maximum Gasteiger partial charge on any atom is 0.411 e. The molecule has 1 aliphatic heterocycles. The second kappa shape index (κ2) is 13.9. The highest BCUT2D eigenvalue weighted by atomic mass is 127. The number of aliphatic hydroxyl groups excluding tert-OH is 1. The van der Waals surface area contributed by atoms with E-state index in [1.165, 1.54) is 0 Å². The zero-order valence-corrected chi connectivity index (χ0v) is 25.0. The Bertz CT molecular complexity index is 1270. The van der Waals surface area contributed by atoms with Crippen molar-refractivity contribution in [2.24, 2.45) is 0 Å². The number of anilines is 2. The van der Waals surface area contributed by atoms with Crippen molar-refractivity contribution in [2.45, 2.75) is 45.3 Å². The molecule has 39 heavy (non-hydrogen) atoms. The van der Waals surface area contributed by atoms with E-state index in [4.69, 9.17) is 4.74 Å². The van der Waals surface area contributed by atoms with Crippen LogP contribution < -0.4 is 34.6 Å². The fourth-order valence-corrected chi connectivity index (χ4v) is 4.81. The van der Waals surface area contributed by atoms with Crippen molar-refractivity contribution in [2.75, 3.05) is 37.8 Å². The predicted octanol–water partition coefficient (Wildman–Crippen LogP) is 2.52. The molecule has 1 aliphatic rings. The molecule has 3 aromatic carbocycles. The first-order valence-electron chi connectivity index (χ1n) is 13.2. The summed E-state index contributed by atoms with van der Waals surface area (Å²) in [6.07, 6.45) is 1.99. The van der Waals surface area contributed by atoms with Crippen LogP contribution in [0.15, 0.2) is 66.7 Å². The Hall–Kier alpha value is -2.95. The van der Waals surface area contributed by atoms with Gasteiger partial charge in [0.05, 0.1) is 39.5 Å². The topological polar surface area (TPSA) is 87.7 Å². The van der Waals surface area contributed by atoms with Gasteiger partial charge in [-0.25, -0.2) is 4.79 Å². The van der Waals surface area contributed by atoms with Crippen LogP contribution in [0.25, 0.3) is 11.1 Å². The molecule has 8 heteroatoms. The number of hydrogen-bond acceptors (Lipinski definition) is 4. The van der Waals surface area contributed by atoms with E-state index < -0.39 is 6.09 Å². The number of halogens is 1. The number of carbonyl (C=O) groups excluding carboxylic acids is 2. The van der Waals surface area contributed by atoms with Crippen molar-refractivity contribution in [3.63, 3.8) is 0 Å². The number of amides is 2. The lowest BCUT2D eigenvalue weighted by Crippen LogP contribution is -3.00. The van der Waals surface area contributed by atoms with Crippen LogP contribution in [0.5, 0.6) is 0 Å². The van der Waals surface area contributed by atoms with Gasteiger partial charge in [-0.2, -0.15) is 0 Å². The lowest BCUT2D eigenvalue weighted by Gasteiger charge is -2.36. The summed E-state index contributed by atoms with van der Waals surface area (Å²) in [6.45, 7) is 3.84. The number of piperidine rings is 1. The first kappa shape index (κ1) is 30.6. The zero-order chi connectivity index (χ0) is 27.1. The number of ether oxygens (including phenoxy) is 1. The van der Waals surface area contributed by atoms with Gasteiger partial charge in [-0.05, 0) is 47.7 Å². The highest BCUT2D eigenvalue weighted by Crippen LogP contribution is 2.30. The molecule has 1 fully saturated rings. The Morgan fingerprint density at radius 3 is 2.28 bits per heavy atom. The summed E-state index contributed by atoms with van der Waals surface area (Å²) in [7, 11) is 4.39. The first-order chi connectivity index (χ1) is 18.2. The molecule has 0 unspecified atom stereocenters. The fraction of sp³-hybridized carbons (Fsp3) is 0.355. The molecule has 0 bridgehead atoms. The van der Waals surface area contributed by atoms with Crippen LogP contribution >= 0.6 is 0 Å². The van der Waals surface area contributed by atoms with Crippen LogP contribution in [0.1, 0.15) is 36.0 Å². The highest BCUT2D eigenvalue weighted by molar-refractivity contribution is 5.93. The van der Waals surface area contributed by atoms with Crippen molar-refractivity contribution < 1.29 is 47.9 Å². The van der Waals surface area contributed by atoms with Crippen molar-refractivity contribution >= 4 is 23.4 Å². The van der Waals surface area contributed by atoms with Gasteiger partial charge in [0.25, 0.3) is 0 Å². The van der Waals surface area contributed by atoms with Gasteiger partial charge in [0.2, 0.25) is 5.91 Å². The summed E-state index contributed by atoms with van der Waals surface area (Å²) < 4.78 is 6.72. The Balaban J connectivity index is 0.00000420. The molecular weight excluding hydrogens is 605 g/mol. The third kappa shape index (κ3) is 8.78. The molecule has 1 heterocycles. The zero-order valence-electron chi connectivity index (χ0n) is 22.9. The summed E-state index contributed by atoms with van der Waals surface area (Å²) in [6, 6.07) is 21.3. The number of carbonyl (C=O) groups is 2. The van der Waals surface area contributed by atoms with Crippen LogP contribution in [0.2, 0.25) is 0 Å². The minimum Gasteiger partial charge on any atom is -1.00 e. The fourth-order valence-electron chi connectivity index (χ4n) is 4.81. The summed E-state index contributed by atoms with van der Waals surface area (Å²) in [4.78, 5) is 25.5. The summed E-state index contributed by atoms with van der Waals surface area (Å²) >= 11 is 0. The maximum absolute atomic E-state index is 12.9. The molecule has 7 nitrogen and oxygen atoms in total. The van der Waals surface area contributed by atoms with Crippen molar-refractivity contribution in [1.29, 1.82) is 0 Å². The molecule has 0 aliphatic carbocycles. The highest BCUT2D eigenvalue weighted by Gasteiger charge is 2.28. The average Bonchev–Trinajstić information content (AvgIpc) is 2.90. The smallest absolute Gasteiger partial charge is 0.411 e. The van der Waals surface area contributed by atoms with Crippen LogP contribution in [0.3, 0.4) is 0 Å². The van der Waals surface area contributed by atoms with E-state index in [1.54, 1.807) is 6.07 Å². The third-order valence-corrected chi connectivity index (χ3v) is 7.18. The van der Waals surface area contributed by atoms with Crippen LogP contribution in [-0.2, 0) is 22.6 Å². The number of likely N-dealkylation sites (tertiary alicyclic amines) is 1. The Morgan fingerprint density at radius 2 is 1.62 bits per heavy atom. The second-order valence-electron chi connectivity index (χ2n) is 10.7. The van der Waals surface area contributed by atoms with Crippen LogP contribution in [-0.4, -0.2) is 54.9 Å². The van der Waals surface area contributed by atoms with Crippen molar-refractivity contribution in [3.8, 4) is 11.1 Å². The summed E-state index contributed by atoms with van der Waals surface area (Å²) in [5.74, 6) is -0.0930. The van der Waals surface area contributed by atoms with Gasteiger partial charge >= 0.3 is 6.09 Å². The lowest BCUT2D eigenvalue weighted by molar-refractivity contribution is -0.896. The largest absolute Gasteiger partial charge is 1.00 e. The van der Waals surface area contributed by atoms with Crippen LogP contribution in [0.4, 0.5) is 16.2 Å². The second-order valence-corrected chi connectivity index (χ2v) is 10.7. The molecule has 208 valence electrons. The molecule has 0 atom stereocenters. The molecule has 0 radical (unpaired) electrons. The van der Waals surface area contributed by atoms with Gasteiger partial charge < -0.3 is 43.6 Å². The number of nitrogens with zero attached hydrogens (tertiary/aromatic N) is 1. The minimum atomic E-state index is -0.448. The number of aliphatic hydroxyl groups is 1. The van der Waals surface area contributed by atoms with E-state index in [0.29, 0.717) is 18.5 Å². The molecular formula is C31H38IN3O4. The van der Waals surface area contributed by atoms with Gasteiger partial charge in [0.15, 0.2) is 0 Å². The molecule has 0 saturated carbocycles. The molecule has 0 spiro atoms. The Labute approximate surface area is 248 Å². The van der Waals surface area contributed by atoms with Crippen molar-refractivity contribution in [3.05, 3.63) is 83.4 Å². The first-order valence-corrected chi connectivity index (χ1v) is 13.2. The number of aryl methyl sites for hydroxylation is 2. The van der Waals surface area contributed by atoms with Gasteiger partial charge in [-0.1, -0.05) is 54.6 Å². The average molecular weight is 644 g/mol. The number of quaternary nitrogens is 1. The van der Waals surface area contributed by atoms with Crippen molar-refractivity contribution in [1.82, 2.24) is 0 Å². The van der Waals surface area contributed by atoms with Gasteiger partial charge in [-0.3, -0.25) is 10.1 Å². The van der Waals surface area contributed by atoms with Crippen LogP contribution in [0, 0.1) is 6.92 Å². The number of nitrogens with one attached hydrogen (secondary N) is 2. The van der Waals surface area contributed by atoms with E-state index in [1.807, 2.05) is 67.6 Å². The number of benzene rings is 3. The van der Waals surface area contributed by atoms with Gasteiger partial charge in [-0.15, -0.1) is 0 Å². The van der Waals surface area contributed by atoms with Gasteiger partial charge in [0, 0.05) is 30.5 Å². The normalized spacial score (nSPS) is 14.7. The molecule has 1 saturated heterocycles. The summed E-state index contributed by atoms with van der Waals surface area (Å²) in [5, 5.41) is 15.2. The molecule has 3 aromatic rings. The van der Waals surface area contributed by atoms with E-state index in [9.17, 15) is 14.7 Å². The number of rotatable bonds is 8. The van der Waals surface area contributed by atoms with Gasteiger partial charge in [0.1, 0.15) is 6.10 Å². The third-order valence-electron chi connectivity index (χ3n) is 7.18. The predicted molar refractivity (Wildman–Crippen MR) is 151 cm³/mol. The molecule has 4 rings (SSSR count). The Morgan fingerprint density at radius 1 is 0.923 bits per heavy atom. The quantitative estimate of drug-likeness (QED) is 0.260. The maximum atomic E-state index is 12.9. The van der Waals surface area contributed by atoms with E-state index in [2.05, 4.69) is 24.7 Å². The molecule has 3 N–H and O–H groups in total. The standard InChI is InChI=1S/C31H37N3O4.HI/c1-22-19-24(21-35)10-13-28(22)32-30(36)14-11-23-9-12-27(25-7-5-4-6-8-25)29(20-23)33-31(37)38-26-15-17-34(2,3)18-16-26;/h4-10,12-13,19-20,26,35H,11,14-18,21H2,1-3H3,(H-,32,33,36,37);1H.